The van der Waals surface area contributed by atoms with E-state index in [1.54, 1.807) is 4.90 Å². The van der Waals surface area contributed by atoms with Gasteiger partial charge in [0.05, 0.1) is 0 Å². The van der Waals surface area contributed by atoms with E-state index in [2.05, 4.69) is 6.58 Å². The third kappa shape index (κ3) is 3.32. The van der Waals surface area contributed by atoms with Gasteiger partial charge >= 0.3 is 5.97 Å². The maximum Gasteiger partial charge on any atom is 0.335 e. The molecule has 5 heteroatoms. The van der Waals surface area contributed by atoms with Crippen molar-refractivity contribution in [1.29, 1.82) is 0 Å². The highest BCUT2D eigenvalue weighted by Crippen LogP contribution is 2.24. The molecule has 1 unspecified atom stereocenters. The Balaban J connectivity index is 2.55. The van der Waals surface area contributed by atoms with Crippen molar-refractivity contribution in [3.05, 3.63) is 12.2 Å². The Labute approximate surface area is 107 Å². The first kappa shape index (κ1) is 14.7. The van der Waals surface area contributed by atoms with Gasteiger partial charge in [-0.15, -0.1) is 6.58 Å². The Morgan fingerprint density at radius 3 is 2.28 bits per heavy atom. The molecular weight excluding hydrogens is 234 g/mol. The zero-order valence-corrected chi connectivity index (χ0v) is 11.0. The van der Waals surface area contributed by atoms with Crippen LogP contribution in [0.4, 0.5) is 0 Å². The molecule has 1 rings (SSSR count). The number of hydrogen-bond donors (Lipinski definition) is 2. The third-order valence-electron chi connectivity index (χ3n) is 3.38. The zero-order valence-electron chi connectivity index (χ0n) is 11.0. The molecule has 0 spiro atoms. The largest absolute Gasteiger partial charge is 0.479 e. The Morgan fingerprint density at radius 1 is 1.39 bits per heavy atom. The van der Waals surface area contributed by atoms with E-state index in [0.717, 1.165) is 5.57 Å². The molecule has 1 fully saturated rings. The van der Waals surface area contributed by atoms with Crippen LogP contribution in [-0.4, -0.2) is 45.7 Å². The van der Waals surface area contributed by atoms with E-state index in [1.165, 1.54) is 0 Å². The van der Waals surface area contributed by atoms with Gasteiger partial charge < -0.3 is 15.1 Å². The van der Waals surface area contributed by atoms with Gasteiger partial charge in [-0.2, -0.15) is 0 Å². The summed E-state index contributed by atoms with van der Waals surface area (Å²) >= 11 is 0. The predicted octanol–water partition coefficient (Wildman–Crippen LogP) is 1.03. The number of allylic oxidation sites excluding steroid dienone is 1. The molecule has 0 aromatic heterocycles. The first-order valence-electron chi connectivity index (χ1n) is 6.15. The molecule has 1 heterocycles. The van der Waals surface area contributed by atoms with Crippen LogP contribution >= 0.6 is 0 Å². The molecule has 102 valence electrons. The van der Waals surface area contributed by atoms with Gasteiger partial charge in [0.25, 0.3) is 0 Å². The molecule has 5 nitrogen and oxygen atoms in total. The monoisotopic (exact) mass is 255 g/mol. The van der Waals surface area contributed by atoms with Crippen LogP contribution in [0.15, 0.2) is 12.2 Å². The summed E-state index contributed by atoms with van der Waals surface area (Å²) in [5, 5.41) is 18.7. The highest BCUT2D eigenvalue weighted by atomic mass is 16.4. The lowest BCUT2D eigenvalue weighted by atomic mass is 9.90. The number of hydrogen-bond acceptors (Lipinski definition) is 3. The average molecular weight is 255 g/mol. The number of amides is 1. The second kappa shape index (κ2) is 5.52. The summed E-state index contributed by atoms with van der Waals surface area (Å²) < 4.78 is 0. The maximum atomic E-state index is 12.1. The van der Waals surface area contributed by atoms with Gasteiger partial charge in [-0.3, -0.25) is 4.79 Å². The normalized spacial score (nSPS) is 20.3. The van der Waals surface area contributed by atoms with Crippen LogP contribution < -0.4 is 0 Å². The Morgan fingerprint density at radius 2 is 1.89 bits per heavy atom. The van der Waals surface area contributed by atoms with Gasteiger partial charge in [0, 0.05) is 31.8 Å². The molecular formula is C13H21NO4. The van der Waals surface area contributed by atoms with Gasteiger partial charge in [0.1, 0.15) is 0 Å². The Hall–Kier alpha value is -1.36. The number of piperidine rings is 1. The summed E-state index contributed by atoms with van der Waals surface area (Å²) in [6.45, 7) is 8.09. The van der Waals surface area contributed by atoms with Crippen molar-refractivity contribution in [3.8, 4) is 0 Å². The van der Waals surface area contributed by atoms with E-state index in [1.807, 2.05) is 13.8 Å². The van der Waals surface area contributed by atoms with Gasteiger partial charge in [0.15, 0.2) is 5.60 Å². The van der Waals surface area contributed by atoms with Crippen molar-refractivity contribution < 1.29 is 19.8 Å². The zero-order chi connectivity index (χ0) is 13.9. The van der Waals surface area contributed by atoms with E-state index in [-0.39, 0.29) is 24.7 Å². The van der Waals surface area contributed by atoms with E-state index in [4.69, 9.17) is 5.11 Å². The van der Waals surface area contributed by atoms with Crippen LogP contribution in [0.3, 0.4) is 0 Å². The van der Waals surface area contributed by atoms with E-state index < -0.39 is 11.6 Å². The van der Waals surface area contributed by atoms with Crippen LogP contribution in [0.25, 0.3) is 0 Å². The number of aliphatic hydroxyl groups is 1. The molecule has 1 aliphatic heterocycles. The number of carboxylic acid groups (broad SMARTS) is 1. The molecule has 1 amide bonds. The fourth-order valence-corrected chi connectivity index (χ4v) is 2.23. The molecule has 0 aromatic rings. The second-order valence-electron chi connectivity index (χ2n) is 5.22. The molecule has 0 aliphatic carbocycles. The number of nitrogens with zero attached hydrogens (tertiary/aromatic N) is 1. The summed E-state index contributed by atoms with van der Waals surface area (Å²) in [6.07, 6.45) is 0.820. The van der Waals surface area contributed by atoms with Crippen LogP contribution in [0.1, 0.15) is 33.1 Å². The van der Waals surface area contributed by atoms with Gasteiger partial charge in [-0.05, 0) is 13.3 Å². The molecule has 1 saturated heterocycles. The van der Waals surface area contributed by atoms with E-state index in [9.17, 15) is 14.7 Å². The predicted molar refractivity (Wildman–Crippen MR) is 67.0 cm³/mol. The number of carbonyl (C=O) groups excluding carboxylic acids is 1. The number of carbonyl (C=O) groups is 2. The lowest BCUT2D eigenvalue weighted by Gasteiger charge is -2.36. The Kier molecular flexibility index (Phi) is 4.51. The molecule has 0 bridgehead atoms. The lowest BCUT2D eigenvalue weighted by Crippen LogP contribution is -2.51. The highest BCUT2D eigenvalue weighted by molar-refractivity contribution is 5.80. The molecule has 0 radical (unpaired) electrons. The van der Waals surface area contributed by atoms with Crippen molar-refractivity contribution in [2.24, 2.45) is 5.92 Å². The van der Waals surface area contributed by atoms with Crippen molar-refractivity contribution in [2.45, 2.75) is 38.7 Å². The van der Waals surface area contributed by atoms with Crippen LogP contribution in [0.5, 0.6) is 0 Å². The first-order valence-corrected chi connectivity index (χ1v) is 6.15. The fraction of sp³-hybridized carbons (Fsp3) is 0.692. The van der Waals surface area contributed by atoms with Crippen molar-refractivity contribution in [1.82, 2.24) is 4.90 Å². The van der Waals surface area contributed by atoms with Crippen molar-refractivity contribution in [2.75, 3.05) is 13.1 Å². The summed E-state index contributed by atoms with van der Waals surface area (Å²) in [7, 11) is 0. The second-order valence-corrected chi connectivity index (χ2v) is 5.22. The van der Waals surface area contributed by atoms with Crippen LogP contribution in [-0.2, 0) is 9.59 Å². The topological polar surface area (TPSA) is 77.8 Å². The highest BCUT2D eigenvalue weighted by Gasteiger charge is 2.40. The fourth-order valence-electron chi connectivity index (χ4n) is 2.23. The van der Waals surface area contributed by atoms with Crippen molar-refractivity contribution >= 4 is 11.9 Å². The van der Waals surface area contributed by atoms with Crippen LogP contribution in [0, 0.1) is 5.92 Å². The number of likely N-dealkylation sites (tertiary alicyclic amines) is 1. The third-order valence-corrected chi connectivity index (χ3v) is 3.38. The number of carboxylic acids is 1. The summed E-state index contributed by atoms with van der Waals surface area (Å²) in [5.74, 6) is -1.34. The molecule has 0 aromatic carbocycles. The Bertz CT molecular complexity index is 356. The van der Waals surface area contributed by atoms with Gasteiger partial charge in [-0.25, -0.2) is 4.79 Å². The first-order chi connectivity index (χ1) is 8.26. The molecule has 1 aliphatic rings. The van der Waals surface area contributed by atoms with E-state index >= 15 is 0 Å². The minimum absolute atomic E-state index is 0.00504. The van der Waals surface area contributed by atoms with Gasteiger partial charge in [-0.1, -0.05) is 12.5 Å². The maximum absolute atomic E-state index is 12.1. The van der Waals surface area contributed by atoms with Crippen LogP contribution in [0.2, 0.25) is 0 Å². The minimum Gasteiger partial charge on any atom is -0.479 e. The summed E-state index contributed by atoms with van der Waals surface area (Å²) in [5.41, 5.74) is -0.719. The number of aliphatic carboxylic acids is 1. The summed E-state index contributed by atoms with van der Waals surface area (Å²) in [4.78, 5) is 24.6. The smallest absolute Gasteiger partial charge is 0.335 e. The minimum atomic E-state index is -1.67. The van der Waals surface area contributed by atoms with Gasteiger partial charge in [0.2, 0.25) is 5.91 Å². The standard InChI is InChI=1S/C13H21NO4/c1-9(2)8-10(3)11(15)14-6-4-13(18,5-7-14)12(16)17/h10,18H,1,4-8H2,2-3H3,(H,16,17). The lowest BCUT2D eigenvalue weighted by molar-refractivity contribution is -0.165. The molecule has 2 N–H and O–H groups in total. The quantitative estimate of drug-likeness (QED) is 0.735. The summed E-state index contributed by atoms with van der Waals surface area (Å²) in [6, 6.07) is 0. The van der Waals surface area contributed by atoms with E-state index in [0.29, 0.717) is 19.5 Å². The molecule has 18 heavy (non-hydrogen) atoms. The number of rotatable bonds is 4. The average Bonchev–Trinajstić information content (AvgIpc) is 2.28. The van der Waals surface area contributed by atoms with Crippen molar-refractivity contribution in [3.63, 3.8) is 0 Å². The SMILES string of the molecule is C=C(C)CC(C)C(=O)N1CCC(O)(C(=O)O)CC1. The molecule has 0 saturated carbocycles. The molecule has 1 atom stereocenters.